The number of halogens is 1. The molecule has 0 atom stereocenters. The topological polar surface area (TPSA) is 104 Å². The average Bonchev–Trinajstić information content (AvgIpc) is 3.42. The van der Waals surface area contributed by atoms with Gasteiger partial charge in [-0.05, 0) is 62.0 Å². The summed E-state index contributed by atoms with van der Waals surface area (Å²) in [5.74, 6) is -1.38. The SMILES string of the molecule is CCN(CC)Cc1ccc(C(=O)NNC(=O)c2sc(NC(=O)c3cccc(F)c3)cc2C)o1. The van der Waals surface area contributed by atoms with Crippen LogP contribution < -0.4 is 16.2 Å². The summed E-state index contributed by atoms with van der Waals surface area (Å²) in [6.45, 7) is 8.10. The van der Waals surface area contributed by atoms with E-state index in [1.165, 1.54) is 18.2 Å². The monoisotopic (exact) mass is 472 g/mol. The number of amides is 3. The van der Waals surface area contributed by atoms with Gasteiger partial charge < -0.3 is 9.73 Å². The van der Waals surface area contributed by atoms with Gasteiger partial charge in [-0.1, -0.05) is 19.9 Å². The van der Waals surface area contributed by atoms with E-state index >= 15 is 0 Å². The molecule has 0 spiro atoms. The molecule has 0 saturated carbocycles. The molecule has 0 fully saturated rings. The molecule has 33 heavy (non-hydrogen) atoms. The number of nitrogens with one attached hydrogen (secondary N) is 3. The quantitative estimate of drug-likeness (QED) is 0.431. The molecule has 0 unspecified atom stereocenters. The molecular weight excluding hydrogens is 447 g/mol. The molecule has 3 rings (SSSR count). The number of thiophene rings is 1. The lowest BCUT2D eigenvalue weighted by molar-refractivity contribution is 0.0830. The molecular formula is C23H25FN4O4S. The summed E-state index contributed by atoms with van der Waals surface area (Å²) < 4.78 is 18.9. The number of rotatable bonds is 8. The first-order chi connectivity index (χ1) is 15.8. The predicted octanol–water partition coefficient (Wildman–Crippen LogP) is 3.96. The molecule has 0 radical (unpaired) electrons. The van der Waals surface area contributed by atoms with Gasteiger partial charge in [0, 0.05) is 5.56 Å². The summed E-state index contributed by atoms with van der Waals surface area (Å²) in [5.41, 5.74) is 5.47. The third kappa shape index (κ3) is 6.27. The molecule has 0 aliphatic heterocycles. The number of hydrazine groups is 1. The Morgan fingerprint density at radius 1 is 1.00 bits per heavy atom. The van der Waals surface area contributed by atoms with Crippen LogP contribution in [0.1, 0.15) is 55.8 Å². The van der Waals surface area contributed by atoms with Crippen molar-refractivity contribution in [3.05, 3.63) is 75.8 Å². The van der Waals surface area contributed by atoms with Crippen LogP contribution in [0.2, 0.25) is 0 Å². The van der Waals surface area contributed by atoms with Crippen LogP contribution in [-0.2, 0) is 6.54 Å². The first-order valence-electron chi connectivity index (χ1n) is 10.4. The highest BCUT2D eigenvalue weighted by Crippen LogP contribution is 2.27. The Morgan fingerprint density at radius 3 is 2.42 bits per heavy atom. The molecule has 0 bridgehead atoms. The van der Waals surface area contributed by atoms with Crippen molar-refractivity contribution in [1.29, 1.82) is 0 Å². The van der Waals surface area contributed by atoms with E-state index in [9.17, 15) is 18.8 Å². The van der Waals surface area contributed by atoms with E-state index in [2.05, 4.69) is 21.1 Å². The smallest absolute Gasteiger partial charge is 0.305 e. The molecule has 3 N–H and O–H groups in total. The van der Waals surface area contributed by atoms with Gasteiger partial charge in [0.2, 0.25) is 0 Å². The molecule has 2 aromatic heterocycles. The standard InChI is InChI=1S/C23H25FN4O4S/c1-4-28(5-2)13-17-9-10-18(32-17)22(30)26-27-23(31)20-14(3)11-19(33-20)25-21(29)15-7-6-8-16(24)12-15/h6-12H,4-5,13H2,1-3H3,(H,25,29)(H,26,30)(H,27,31). The molecule has 8 nitrogen and oxygen atoms in total. The van der Waals surface area contributed by atoms with E-state index < -0.39 is 23.5 Å². The van der Waals surface area contributed by atoms with Gasteiger partial charge in [-0.25, -0.2) is 4.39 Å². The van der Waals surface area contributed by atoms with E-state index in [0.717, 1.165) is 30.5 Å². The van der Waals surface area contributed by atoms with Gasteiger partial charge in [0.25, 0.3) is 11.8 Å². The number of nitrogens with zero attached hydrogens (tertiary/aromatic N) is 1. The fourth-order valence-electron chi connectivity index (χ4n) is 3.07. The first kappa shape index (κ1) is 24.1. The Kier molecular flexibility index (Phi) is 7.96. The minimum absolute atomic E-state index is 0.0865. The largest absolute Gasteiger partial charge is 0.454 e. The molecule has 2 heterocycles. The zero-order valence-electron chi connectivity index (χ0n) is 18.5. The van der Waals surface area contributed by atoms with Gasteiger partial charge in [-0.15, -0.1) is 11.3 Å². The van der Waals surface area contributed by atoms with Crippen molar-refractivity contribution in [3.8, 4) is 0 Å². The van der Waals surface area contributed by atoms with Crippen molar-refractivity contribution in [1.82, 2.24) is 15.8 Å². The van der Waals surface area contributed by atoms with Crippen LogP contribution >= 0.6 is 11.3 Å². The van der Waals surface area contributed by atoms with E-state index in [1.54, 1.807) is 25.1 Å². The zero-order valence-corrected chi connectivity index (χ0v) is 19.3. The Hall–Kier alpha value is -3.50. The second kappa shape index (κ2) is 10.9. The molecule has 1 aromatic carbocycles. The van der Waals surface area contributed by atoms with E-state index in [4.69, 9.17) is 4.42 Å². The normalized spacial score (nSPS) is 10.8. The molecule has 3 aromatic rings. The summed E-state index contributed by atoms with van der Waals surface area (Å²) in [6.07, 6.45) is 0. The molecule has 0 aliphatic rings. The first-order valence-corrected chi connectivity index (χ1v) is 11.2. The maximum absolute atomic E-state index is 13.3. The number of hydrogen-bond donors (Lipinski definition) is 3. The van der Waals surface area contributed by atoms with E-state index in [-0.39, 0.29) is 11.3 Å². The Morgan fingerprint density at radius 2 is 1.73 bits per heavy atom. The number of furan rings is 1. The van der Waals surface area contributed by atoms with Crippen LogP contribution in [0.5, 0.6) is 0 Å². The summed E-state index contributed by atoms with van der Waals surface area (Å²) in [6, 6.07) is 10.2. The number of benzene rings is 1. The molecule has 10 heteroatoms. The minimum atomic E-state index is -0.581. The number of anilines is 1. The fraction of sp³-hybridized carbons (Fsp3) is 0.261. The van der Waals surface area contributed by atoms with Gasteiger partial charge in [0.05, 0.1) is 16.4 Å². The van der Waals surface area contributed by atoms with Crippen LogP contribution in [0.15, 0.2) is 46.9 Å². The second-order valence-electron chi connectivity index (χ2n) is 7.22. The predicted molar refractivity (Wildman–Crippen MR) is 124 cm³/mol. The van der Waals surface area contributed by atoms with Gasteiger partial charge in [-0.3, -0.25) is 30.1 Å². The molecule has 0 saturated heterocycles. The third-order valence-electron chi connectivity index (χ3n) is 4.90. The Labute approximate surface area is 194 Å². The summed E-state index contributed by atoms with van der Waals surface area (Å²) >= 11 is 1.04. The van der Waals surface area contributed by atoms with Crippen molar-refractivity contribution < 1.29 is 23.2 Å². The van der Waals surface area contributed by atoms with Crippen molar-refractivity contribution in [2.24, 2.45) is 0 Å². The van der Waals surface area contributed by atoms with Crippen LogP contribution in [0.3, 0.4) is 0 Å². The number of aryl methyl sites for hydroxylation is 1. The van der Waals surface area contributed by atoms with Gasteiger partial charge in [0.15, 0.2) is 5.76 Å². The van der Waals surface area contributed by atoms with Crippen molar-refractivity contribution in [3.63, 3.8) is 0 Å². The van der Waals surface area contributed by atoms with Crippen LogP contribution in [-0.4, -0.2) is 35.7 Å². The second-order valence-corrected chi connectivity index (χ2v) is 8.28. The molecule has 174 valence electrons. The number of carbonyl (C=O) groups is 3. The summed E-state index contributed by atoms with van der Waals surface area (Å²) in [7, 11) is 0. The van der Waals surface area contributed by atoms with Crippen molar-refractivity contribution >= 4 is 34.1 Å². The number of hydrogen-bond acceptors (Lipinski definition) is 6. The minimum Gasteiger partial charge on any atom is -0.454 e. The molecule has 3 amide bonds. The van der Waals surface area contributed by atoms with Crippen molar-refractivity contribution in [2.45, 2.75) is 27.3 Å². The van der Waals surface area contributed by atoms with Gasteiger partial charge >= 0.3 is 5.91 Å². The lowest BCUT2D eigenvalue weighted by Crippen LogP contribution is -2.41. The average molecular weight is 473 g/mol. The van der Waals surface area contributed by atoms with Crippen LogP contribution in [0, 0.1) is 12.7 Å². The third-order valence-corrected chi connectivity index (χ3v) is 6.05. The van der Waals surface area contributed by atoms with Crippen molar-refractivity contribution in [2.75, 3.05) is 18.4 Å². The number of carbonyl (C=O) groups excluding carboxylic acids is 3. The van der Waals surface area contributed by atoms with E-state index in [0.29, 0.717) is 27.7 Å². The lowest BCUT2D eigenvalue weighted by atomic mass is 10.2. The molecule has 0 aliphatic carbocycles. The van der Waals surface area contributed by atoms with Crippen LogP contribution in [0.4, 0.5) is 9.39 Å². The van der Waals surface area contributed by atoms with Gasteiger partial charge in [0.1, 0.15) is 11.6 Å². The van der Waals surface area contributed by atoms with Crippen LogP contribution in [0.25, 0.3) is 0 Å². The highest BCUT2D eigenvalue weighted by Gasteiger charge is 2.18. The Bertz CT molecular complexity index is 1150. The fourth-order valence-corrected chi connectivity index (χ4v) is 4.03. The highest BCUT2D eigenvalue weighted by atomic mass is 32.1. The summed E-state index contributed by atoms with van der Waals surface area (Å²) in [5, 5.41) is 3.07. The maximum Gasteiger partial charge on any atom is 0.305 e. The van der Waals surface area contributed by atoms with Gasteiger partial charge in [-0.2, -0.15) is 0 Å². The zero-order chi connectivity index (χ0) is 24.0. The summed E-state index contributed by atoms with van der Waals surface area (Å²) in [4.78, 5) is 39.6. The highest BCUT2D eigenvalue weighted by molar-refractivity contribution is 7.18. The lowest BCUT2D eigenvalue weighted by Gasteiger charge is -2.15. The Balaban J connectivity index is 1.57. The maximum atomic E-state index is 13.3. The van der Waals surface area contributed by atoms with E-state index in [1.807, 2.05) is 13.8 Å².